The zero-order valence-corrected chi connectivity index (χ0v) is 20.3. The van der Waals surface area contributed by atoms with Crippen molar-refractivity contribution >= 4 is 29.9 Å². The van der Waals surface area contributed by atoms with E-state index < -0.39 is 0 Å². The number of nitrogens with zero attached hydrogens (tertiary/aromatic N) is 2. The Balaban J connectivity index is 0.00000420. The molecule has 8 heteroatoms. The zero-order chi connectivity index (χ0) is 19.9. The number of likely N-dealkylation sites (tertiary alicyclic amines) is 1. The summed E-state index contributed by atoms with van der Waals surface area (Å²) in [7, 11) is 1.73. The molecule has 0 bridgehead atoms. The van der Waals surface area contributed by atoms with E-state index >= 15 is 0 Å². The first-order chi connectivity index (χ1) is 13.8. The van der Waals surface area contributed by atoms with Gasteiger partial charge in [0.1, 0.15) is 5.76 Å². The van der Waals surface area contributed by atoms with Crippen LogP contribution in [0.5, 0.6) is 0 Å². The first-order valence-corrected chi connectivity index (χ1v) is 10.6. The Morgan fingerprint density at radius 3 is 2.76 bits per heavy atom. The normalized spacial score (nSPS) is 15.4. The number of nitrogens with one attached hydrogen (secondary N) is 1. The molecule has 1 saturated heterocycles. The summed E-state index contributed by atoms with van der Waals surface area (Å²) >= 11 is 0. The highest BCUT2D eigenvalue weighted by atomic mass is 127. The summed E-state index contributed by atoms with van der Waals surface area (Å²) in [5.41, 5.74) is 0. The molecule has 2 rings (SSSR count). The fourth-order valence-corrected chi connectivity index (χ4v) is 3.20. The van der Waals surface area contributed by atoms with E-state index in [1.54, 1.807) is 13.4 Å². The van der Waals surface area contributed by atoms with E-state index in [4.69, 9.17) is 23.6 Å². The largest absolute Gasteiger partial charge is 0.469 e. The predicted octanol–water partition coefficient (Wildman–Crippen LogP) is 3.33. The maximum atomic E-state index is 5.97. The van der Waals surface area contributed by atoms with Crippen LogP contribution in [0, 0.1) is 0 Å². The molecule has 0 radical (unpaired) electrons. The van der Waals surface area contributed by atoms with Crippen molar-refractivity contribution < 1.29 is 18.6 Å². The van der Waals surface area contributed by atoms with Crippen molar-refractivity contribution in [3.63, 3.8) is 0 Å². The van der Waals surface area contributed by atoms with E-state index in [0.29, 0.717) is 6.10 Å². The maximum Gasteiger partial charge on any atom is 0.193 e. The minimum Gasteiger partial charge on any atom is -0.469 e. The summed E-state index contributed by atoms with van der Waals surface area (Å²) in [5.74, 6) is 1.98. The second kappa shape index (κ2) is 16.9. The first kappa shape index (κ1) is 26.2. The van der Waals surface area contributed by atoms with Crippen LogP contribution >= 0.6 is 24.0 Å². The predicted molar refractivity (Wildman–Crippen MR) is 126 cm³/mol. The zero-order valence-electron chi connectivity index (χ0n) is 17.9. The molecule has 0 amide bonds. The van der Waals surface area contributed by atoms with Crippen LogP contribution < -0.4 is 5.32 Å². The van der Waals surface area contributed by atoms with Crippen molar-refractivity contribution in [3.8, 4) is 0 Å². The topological polar surface area (TPSA) is 68.5 Å². The van der Waals surface area contributed by atoms with Gasteiger partial charge in [-0.15, -0.1) is 24.0 Å². The number of piperidine rings is 1. The average Bonchev–Trinajstić information content (AvgIpc) is 3.24. The number of guanidine groups is 1. The second-order valence-corrected chi connectivity index (χ2v) is 6.92. The smallest absolute Gasteiger partial charge is 0.193 e. The monoisotopic (exact) mass is 523 g/mol. The van der Waals surface area contributed by atoms with Gasteiger partial charge in [0.15, 0.2) is 5.96 Å². The minimum absolute atomic E-state index is 0. The molecular weight excluding hydrogens is 485 g/mol. The Morgan fingerprint density at radius 1 is 1.24 bits per heavy atom. The van der Waals surface area contributed by atoms with Crippen LogP contribution in [-0.2, 0) is 20.6 Å². The Kier molecular flexibility index (Phi) is 15.3. The molecule has 1 fully saturated rings. The number of ether oxygens (including phenoxy) is 3. The third kappa shape index (κ3) is 11.2. The van der Waals surface area contributed by atoms with Gasteiger partial charge in [0.2, 0.25) is 0 Å². The number of halogens is 1. The Bertz CT molecular complexity index is 520. The van der Waals surface area contributed by atoms with Crippen LogP contribution in [0.1, 0.15) is 38.4 Å². The lowest BCUT2D eigenvalue weighted by atomic mass is 10.1. The maximum absolute atomic E-state index is 5.97. The Labute approximate surface area is 192 Å². The number of hydrogen-bond donors (Lipinski definition) is 1. The molecule has 29 heavy (non-hydrogen) atoms. The average molecular weight is 523 g/mol. The highest BCUT2D eigenvalue weighted by molar-refractivity contribution is 14.0. The molecule has 0 aromatic carbocycles. The molecule has 0 saturated carbocycles. The lowest BCUT2D eigenvalue weighted by molar-refractivity contribution is 0.00989. The molecule has 1 aliphatic heterocycles. The van der Waals surface area contributed by atoms with Gasteiger partial charge in [-0.1, -0.05) is 0 Å². The molecule has 1 aliphatic rings. The van der Waals surface area contributed by atoms with E-state index in [1.807, 2.05) is 19.1 Å². The van der Waals surface area contributed by atoms with Crippen molar-refractivity contribution in [3.05, 3.63) is 24.2 Å². The van der Waals surface area contributed by atoms with Gasteiger partial charge in [-0.2, -0.15) is 0 Å². The van der Waals surface area contributed by atoms with Gasteiger partial charge >= 0.3 is 0 Å². The summed E-state index contributed by atoms with van der Waals surface area (Å²) in [4.78, 5) is 7.16. The fraction of sp³-hybridized carbons (Fsp3) is 0.762. The van der Waals surface area contributed by atoms with Gasteiger partial charge in [-0.05, 0) is 44.7 Å². The molecule has 0 atom stereocenters. The van der Waals surface area contributed by atoms with Gasteiger partial charge in [0, 0.05) is 66.1 Å². The molecule has 1 aromatic heterocycles. The summed E-state index contributed by atoms with van der Waals surface area (Å²) in [6.45, 7) is 8.59. The molecule has 2 heterocycles. The molecule has 1 aromatic rings. The van der Waals surface area contributed by atoms with Crippen molar-refractivity contribution in [2.75, 3.05) is 59.7 Å². The number of aliphatic imine (C=N–C) groups is 1. The van der Waals surface area contributed by atoms with Crippen LogP contribution in [0.15, 0.2) is 27.8 Å². The van der Waals surface area contributed by atoms with Gasteiger partial charge in [0.05, 0.1) is 12.4 Å². The first-order valence-electron chi connectivity index (χ1n) is 10.6. The quantitative estimate of drug-likeness (QED) is 0.185. The van der Waals surface area contributed by atoms with Gasteiger partial charge in [0.25, 0.3) is 0 Å². The molecule has 1 N–H and O–H groups in total. The molecule has 0 spiro atoms. The van der Waals surface area contributed by atoms with Crippen LogP contribution in [-0.4, -0.2) is 76.7 Å². The highest BCUT2D eigenvalue weighted by Crippen LogP contribution is 2.14. The standard InChI is InChI=1S/C21H37N3O4.HI/c1-3-26-16-5-11-22-21(23-12-8-19-7-4-17-27-19)24-13-9-20(10-14-24)28-18-6-15-25-2;/h4,7,17,20H,3,5-6,8-16,18H2,1-2H3,(H,22,23);1H. The molecular formula is C21H38IN3O4. The third-order valence-corrected chi connectivity index (χ3v) is 4.73. The lowest BCUT2D eigenvalue weighted by Gasteiger charge is -2.34. The number of rotatable bonds is 13. The van der Waals surface area contributed by atoms with Crippen LogP contribution in [0.2, 0.25) is 0 Å². The fourth-order valence-electron chi connectivity index (χ4n) is 3.20. The highest BCUT2D eigenvalue weighted by Gasteiger charge is 2.22. The van der Waals surface area contributed by atoms with E-state index in [9.17, 15) is 0 Å². The minimum atomic E-state index is 0. The summed E-state index contributed by atoms with van der Waals surface area (Å²) in [6.07, 6.45) is 6.87. The van der Waals surface area contributed by atoms with Crippen molar-refractivity contribution in [1.82, 2.24) is 10.2 Å². The number of hydrogen-bond acceptors (Lipinski definition) is 5. The summed E-state index contributed by atoms with van der Waals surface area (Å²) in [6, 6.07) is 3.93. The van der Waals surface area contributed by atoms with Crippen LogP contribution in [0.3, 0.4) is 0 Å². The van der Waals surface area contributed by atoms with E-state index in [2.05, 4.69) is 10.2 Å². The van der Waals surface area contributed by atoms with Gasteiger partial charge < -0.3 is 28.8 Å². The number of methoxy groups -OCH3 is 1. The summed E-state index contributed by atoms with van der Waals surface area (Å²) < 4.78 is 21.9. The SMILES string of the molecule is CCOCCCN=C(NCCc1ccco1)N1CCC(OCCCOC)CC1.I. The second-order valence-electron chi connectivity index (χ2n) is 6.92. The number of furan rings is 1. The van der Waals surface area contributed by atoms with Gasteiger partial charge in [-0.25, -0.2) is 0 Å². The van der Waals surface area contributed by atoms with Crippen molar-refractivity contribution in [2.24, 2.45) is 4.99 Å². The molecule has 168 valence electrons. The Hall–Kier alpha value is -0.840. The van der Waals surface area contributed by atoms with E-state index in [1.165, 1.54) is 0 Å². The lowest BCUT2D eigenvalue weighted by Crippen LogP contribution is -2.47. The van der Waals surface area contributed by atoms with Crippen molar-refractivity contribution in [2.45, 2.75) is 45.1 Å². The Morgan fingerprint density at radius 2 is 2.07 bits per heavy atom. The molecule has 0 unspecified atom stereocenters. The van der Waals surface area contributed by atoms with Crippen LogP contribution in [0.25, 0.3) is 0 Å². The van der Waals surface area contributed by atoms with E-state index in [0.717, 1.165) is 96.4 Å². The summed E-state index contributed by atoms with van der Waals surface area (Å²) in [5, 5.41) is 3.51. The molecule has 0 aliphatic carbocycles. The third-order valence-electron chi connectivity index (χ3n) is 4.73. The van der Waals surface area contributed by atoms with Gasteiger partial charge in [-0.3, -0.25) is 4.99 Å². The van der Waals surface area contributed by atoms with Crippen molar-refractivity contribution in [1.29, 1.82) is 0 Å². The van der Waals surface area contributed by atoms with Crippen LogP contribution in [0.4, 0.5) is 0 Å². The van der Waals surface area contributed by atoms with E-state index in [-0.39, 0.29) is 24.0 Å². The molecule has 7 nitrogen and oxygen atoms in total.